The molecule has 0 radical (unpaired) electrons. The van der Waals surface area contributed by atoms with E-state index in [2.05, 4.69) is 4.98 Å². The molecule has 0 amide bonds. The van der Waals surface area contributed by atoms with Gasteiger partial charge >= 0.3 is 5.97 Å². The topological polar surface area (TPSA) is 59.5 Å². The molecule has 7 heteroatoms. The molecule has 130 valence electrons. The lowest BCUT2D eigenvalue weighted by Crippen LogP contribution is -2.14. The third kappa shape index (κ3) is 3.72. The highest BCUT2D eigenvalue weighted by molar-refractivity contribution is 7.29. The molecule has 0 spiro atoms. The molecule has 0 aliphatic carbocycles. The summed E-state index contributed by atoms with van der Waals surface area (Å²) in [5.74, 6) is -0.679. The van der Waals surface area contributed by atoms with Crippen LogP contribution in [0, 0.1) is 13.8 Å². The van der Waals surface area contributed by atoms with Crippen molar-refractivity contribution < 1.29 is 14.3 Å². The number of anilines is 1. The van der Waals surface area contributed by atoms with E-state index in [4.69, 9.17) is 4.74 Å². The molecule has 0 atom stereocenters. The highest BCUT2D eigenvalue weighted by atomic mass is 32.1. The van der Waals surface area contributed by atoms with E-state index in [1.165, 1.54) is 22.7 Å². The van der Waals surface area contributed by atoms with Crippen molar-refractivity contribution >= 4 is 49.1 Å². The zero-order valence-electron chi connectivity index (χ0n) is 14.5. The number of carbonyl (C=O) groups is 2. The summed E-state index contributed by atoms with van der Waals surface area (Å²) in [6, 6.07) is 7.44. The van der Waals surface area contributed by atoms with Gasteiger partial charge in [0, 0.05) is 19.7 Å². The van der Waals surface area contributed by atoms with E-state index in [-0.39, 0.29) is 12.4 Å². The molecule has 0 bridgehead atoms. The SMILES string of the molecule is Cc1ccc(C)c(C(=O)COC(=O)c2cc3sc(N(C)C)nc3s2)c1. The first-order chi connectivity index (χ1) is 11.8. The summed E-state index contributed by atoms with van der Waals surface area (Å²) in [6.45, 7) is 3.54. The maximum Gasteiger partial charge on any atom is 0.348 e. The number of esters is 1. The Morgan fingerprint density at radius 1 is 1.16 bits per heavy atom. The first-order valence-corrected chi connectivity index (χ1v) is 9.33. The molecular weight excluding hydrogens is 356 g/mol. The standard InChI is InChI=1S/C18H18N2O3S2/c1-10-5-6-11(2)12(7-10)13(21)9-23-17(22)15-8-14-16(24-15)19-18(25-14)20(3)4/h5-8H,9H2,1-4H3. The van der Waals surface area contributed by atoms with Crippen LogP contribution in [-0.2, 0) is 4.74 Å². The number of aryl methyl sites for hydroxylation is 2. The smallest absolute Gasteiger partial charge is 0.348 e. The average Bonchev–Trinajstić information content (AvgIpc) is 3.13. The highest BCUT2D eigenvalue weighted by Gasteiger charge is 2.18. The number of thiophene rings is 1. The van der Waals surface area contributed by atoms with E-state index >= 15 is 0 Å². The molecule has 3 aromatic rings. The molecule has 0 aliphatic rings. The second-order valence-electron chi connectivity index (χ2n) is 5.99. The van der Waals surface area contributed by atoms with E-state index in [0.29, 0.717) is 10.4 Å². The van der Waals surface area contributed by atoms with Crippen molar-refractivity contribution in [2.45, 2.75) is 13.8 Å². The Kier molecular flexibility index (Phi) is 4.87. The van der Waals surface area contributed by atoms with Gasteiger partial charge in [0.2, 0.25) is 5.78 Å². The normalized spacial score (nSPS) is 10.9. The Hall–Kier alpha value is -2.25. The minimum absolute atomic E-state index is 0.194. The lowest BCUT2D eigenvalue weighted by Gasteiger charge is -2.07. The number of hydrogen-bond acceptors (Lipinski definition) is 7. The molecule has 0 aliphatic heterocycles. The molecule has 0 fully saturated rings. The van der Waals surface area contributed by atoms with Crippen LogP contribution in [0.3, 0.4) is 0 Å². The maximum atomic E-state index is 12.3. The molecule has 0 unspecified atom stereocenters. The van der Waals surface area contributed by atoms with Crippen LogP contribution in [0.5, 0.6) is 0 Å². The Bertz CT molecular complexity index is 925. The second-order valence-corrected chi connectivity index (χ2v) is 8.03. The summed E-state index contributed by atoms with van der Waals surface area (Å²) >= 11 is 2.80. The number of Topliss-reactive ketones (excluding diaryl/α,β-unsaturated/α-hetero) is 1. The van der Waals surface area contributed by atoms with Crippen molar-refractivity contribution in [2.75, 3.05) is 25.6 Å². The van der Waals surface area contributed by atoms with Crippen LogP contribution in [-0.4, -0.2) is 37.4 Å². The van der Waals surface area contributed by atoms with Gasteiger partial charge in [-0.3, -0.25) is 4.79 Å². The molecular formula is C18H18N2O3S2. The van der Waals surface area contributed by atoms with Gasteiger partial charge in [0.25, 0.3) is 0 Å². The van der Waals surface area contributed by atoms with Gasteiger partial charge in [0.1, 0.15) is 9.71 Å². The van der Waals surface area contributed by atoms with E-state index in [9.17, 15) is 9.59 Å². The number of ketones is 1. The van der Waals surface area contributed by atoms with Gasteiger partial charge in [0.15, 0.2) is 11.7 Å². The molecule has 0 saturated heterocycles. The number of carbonyl (C=O) groups excluding carboxylic acids is 2. The van der Waals surface area contributed by atoms with Crippen LogP contribution in [0.4, 0.5) is 5.13 Å². The summed E-state index contributed by atoms with van der Waals surface area (Å²) in [5, 5.41) is 0.895. The van der Waals surface area contributed by atoms with Crippen molar-refractivity contribution in [1.82, 2.24) is 4.98 Å². The summed E-state index contributed by atoms with van der Waals surface area (Å²) in [6.07, 6.45) is 0. The van der Waals surface area contributed by atoms with Gasteiger partial charge in [-0.2, -0.15) is 0 Å². The van der Waals surface area contributed by atoms with Gasteiger partial charge in [-0.1, -0.05) is 29.0 Å². The molecule has 3 rings (SSSR count). The van der Waals surface area contributed by atoms with Gasteiger partial charge in [-0.15, -0.1) is 11.3 Å². The molecule has 25 heavy (non-hydrogen) atoms. The highest BCUT2D eigenvalue weighted by Crippen LogP contribution is 2.34. The zero-order valence-corrected chi connectivity index (χ0v) is 16.1. The third-order valence-electron chi connectivity index (χ3n) is 3.69. The lowest BCUT2D eigenvalue weighted by molar-refractivity contribution is 0.0479. The second kappa shape index (κ2) is 6.93. The van der Waals surface area contributed by atoms with Crippen LogP contribution in [0.25, 0.3) is 9.53 Å². The Labute approximate surface area is 153 Å². The number of nitrogens with zero attached hydrogens (tertiary/aromatic N) is 2. The summed E-state index contributed by atoms with van der Waals surface area (Å²) in [7, 11) is 3.85. The van der Waals surface area contributed by atoms with Gasteiger partial charge < -0.3 is 9.64 Å². The number of thiazole rings is 1. The lowest BCUT2D eigenvalue weighted by atomic mass is 10.0. The fraction of sp³-hybridized carbons (Fsp3) is 0.278. The summed E-state index contributed by atoms with van der Waals surface area (Å²) < 4.78 is 6.15. The van der Waals surface area contributed by atoms with Crippen molar-refractivity contribution in [1.29, 1.82) is 0 Å². The molecule has 0 N–H and O–H groups in total. The monoisotopic (exact) mass is 374 g/mol. The Morgan fingerprint density at radius 2 is 1.92 bits per heavy atom. The molecule has 0 saturated carbocycles. The first kappa shape index (κ1) is 17.6. The molecule has 2 heterocycles. The predicted octanol–water partition coefficient (Wildman–Crippen LogP) is 4.08. The largest absolute Gasteiger partial charge is 0.453 e. The summed E-state index contributed by atoms with van der Waals surface area (Å²) in [4.78, 5) is 32.2. The van der Waals surface area contributed by atoms with E-state index in [0.717, 1.165) is 25.8 Å². The maximum absolute atomic E-state index is 12.3. The minimum Gasteiger partial charge on any atom is -0.453 e. The Balaban J connectivity index is 1.69. The van der Waals surface area contributed by atoms with E-state index in [1.54, 1.807) is 6.07 Å². The number of aromatic nitrogens is 1. The van der Waals surface area contributed by atoms with E-state index in [1.807, 2.05) is 51.0 Å². The number of hydrogen-bond donors (Lipinski definition) is 0. The van der Waals surface area contributed by atoms with Gasteiger partial charge in [-0.25, -0.2) is 9.78 Å². The van der Waals surface area contributed by atoms with Crippen molar-refractivity contribution in [3.05, 3.63) is 45.8 Å². The summed E-state index contributed by atoms with van der Waals surface area (Å²) in [5.41, 5.74) is 2.47. The predicted molar refractivity (Wildman–Crippen MR) is 102 cm³/mol. The number of benzene rings is 1. The quantitative estimate of drug-likeness (QED) is 0.497. The van der Waals surface area contributed by atoms with Crippen molar-refractivity contribution in [3.8, 4) is 0 Å². The van der Waals surface area contributed by atoms with Crippen molar-refractivity contribution in [3.63, 3.8) is 0 Å². The number of ether oxygens (including phenoxy) is 1. The number of rotatable bonds is 5. The minimum atomic E-state index is -0.486. The molecule has 2 aromatic heterocycles. The van der Waals surface area contributed by atoms with Crippen LogP contribution in [0.1, 0.15) is 31.2 Å². The molecule has 1 aromatic carbocycles. The third-order valence-corrected chi connectivity index (χ3v) is 6.00. The van der Waals surface area contributed by atoms with Crippen LogP contribution < -0.4 is 4.90 Å². The van der Waals surface area contributed by atoms with Gasteiger partial charge in [0.05, 0.1) is 4.70 Å². The molecule has 5 nitrogen and oxygen atoms in total. The fourth-order valence-electron chi connectivity index (χ4n) is 2.33. The first-order valence-electron chi connectivity index (χ1n) is 7.70. The fourth-order valence-corrected chi connectivity index (χ4v) is 4.36. The van der Waals surface area contributed by atoms with Crippen LogP contribution >= 0.6 is 22.7 Å². The van der Waals surface area contributed by atoms with Crippen LogP contribution in [0.2, 0.25) is 0 Å². The Morgan fingerprint density at radius 3 is 2.60 bits per heavy atom. The van der Waals surface area contributed by atoms with E-state index < -0.39 is 5.97 Å². The zero-order chi connectivity index (χ0) is 18.1. The van der Waals surface area contributed by atoms with Gasteiger partial charge in [-0.05, 0) is 31.5 Å². The number of fused-ring (bicyclic) bond motifs is 1. The average molecular weight is 374 g/mol. The van der Waals surface area contributed by atoms with Crippen LogP contribution in [0.15, 0.2) is 24.3 Å². The van der Waals surface area contributed by atoms with Crippen molar-refractivity contribution in [2.24, 2.45) is 0 Å².